The van der Waals surface area contributed by atoms with Gasteiger partial charge in [-0.3, -0.25) is 4.79 Å². The number of esters is 2. The highest BCUT2D eigenvalue weighted by Gasteiger charge is 2.36. The minimum absolute atomic E-state index is 0.242. The molecule has 1 aromatic carbocycles. The summed E-state index contributed by atoms with van der Waals surface area (Å²) in [6.07, 6.45) is 3.25. The molecular weight excluding hydrogens is 391 g/mol. The first-order chi connectivity index (χ1) is 14.5. The fraction of sp³-hybridized carbons (Fsp3) is 0.333. The van der Waals surface area contributed by atoms with Gasteiger partial charge < -0.3 is 14.4 Å². The van der Waals surface area contributed by atoms with Crippen molar-refractivity contribution in [3.63, 3.8) is 0 Å². The maximum atomic E-state index is 13.9. The third kappa shape index (κ3) is 3.83. The van der Waals surface area contributed by atoms with Crippen molar-refractivity contribution in [3.05, 3.63) is 59.7 Å². The summed E-state index contributed by atoms with van der Waals surface area (Å²) in [5.74, 6) is -0.647. The van der Waals surface area contributed by atoms with Crippen molar-refractivity contribution < 1.29 is 23.5 Å². The Kier molecular flexibility index (Phi) is 5.35. The van der Waals surface area contributed by atoms with Crippen molar-refractivity contribution in [2.45, 2.75) is 32.4 Å². The highest BCUT2D eigenvalue weighted by atomic mass is 19.1. The molecular formula is C21H21FN4O4. The number of hydrogen-bond acceptors (Lipinski definition) is 7. The standard InChI is InChI=1S/C21H21FN4O4/c1-3-29-21(28)17-11-23-26-8-7-19(24-20(17)26)25-12-16(30-13(2)27)10-18(25)14-5-4-6-15(22)9-14/h4-9,11,16,18H,3,10,12H2,1-2H3/t16-,18+/m0/s1. The summed E-state index contributed by atoms with van der Waals surface area (Å²) < 4.78 is 25.8. The van der Waals surface area contributed by atoms with Crippen LogP contribution in [0.25, 0.3) is 5.65 Å². The molecule has 3 aromatic rings. The Hall–Kier alpha value is -3.49. The highest BCUT2D eigenvalue weighted by Crippen LogP contribution is 2.37. The normalized spacial score (nSPS) is 18.6. The van der Waals surface area contributed by atoms with Crippen LogP contribution in [0, 0.1) is 5.82 Å². The van der Waals surface area contributed by atoms with Gasteiger partial charge in [-0.05, 0) is 30.7 Å². The summed E-state index contributed by atoms with van der Waals surface area (Å²) >= 11 is 0. The van der Waals surface area contributed by atoms with Gasteiger partial charge >= 0.3 is 11.9 Å². The Bertz CT molecular complexity index is 1100. The topological polar surface area (TPSA) is 86.0 Å². The Balaban J connectivity index is 1.73. The molecule has 1 aliphatic rings. The van der Waals surface area contributed by atoms with E-state index in [4.69, 9.17) is 9.47 Å². The zero-order chi connectivity index (χ0) is 21.3. The molecule has 2 atom stereocenters. The van der Waals surface area contributed by atoms with E-state index in [1.54, 1.807) is 25.3 Å². The lowest BCUT2D eigenvalue weighted by Gasteiger charge is -2.25. The van der Waals surface area contributed by atoms with Crippen LogP contribution in [0.5, 0.6) is 0 Å². The number of fused-ring (bicyclic) bond motifs is 1. The van der Waals surface area contributed by atoms with Crippen molar-refractivity contribution in [2.24, 2.45) is 0 Å². The summed E-state index contributed by atoms with van der Waals surface area (Å²) in [4.78, 5) is 30.3. The van der Waals surface area contributed by atoms with Crippen LogP contribution in [0.3, 0.4) is 0 Å². The smallest absolute Gasteiger partial charge is 0.343 e. The van der Waals surface area contributed by atoms with Gasteiger partial charge in [0.25, 0.3) is 0 Å². The largest absolute Gasteiger partial charge is 0.462 e. The van der Waals surface area contributed by atoms with E-state index in [0.29, 0.717) is 24.4 Å². The number of hydrogen-bond donors (Lipinski definition) is 0. The average molecular weight is 412 g/mol. The Morgan fingerprint density at radius 1 is 1.30 bits per heavy atom. The lowest BCUT2D eigenvalue weighted by Crippen LogP contribution is -2.26. The third-order valence-electron chi connectivity index (χ3n) is 4.97. The first-order valence-corrected chi connectivity index (χ1v) is 9.67. The van der Waals surface area contributed by atoms with Crippen molar-refractivity contribution >= 4 is 23.4 Å². The van der Waals surface area contributed by atoms with Crippen LogP contribution in [0.2, 0.25) is 0 Å². The van der Waals surface area contributed by atoms with Gasteiger partial charge in [-0.1, -0.05) is 12.1 Å². The van der Waals surface area contributed by atoms with E-state index in [-0.39, 0.29) is 36.1 Å². The Morgan fingerprint density at radius 2 is 2.13 bits per heavy atom. The van der Waals surface area contributed by atoms with Gasteiger partial charge in [0.05, 0.1) is 25.4 Å². The molecule has 4 rings (SSSR count). The second-order valence-corrected chi connectivity index (χ2v) is 7.02. The average Bonchev–Trinajstić information content (AvgIpc) is 3.31. The molecule has 8 nitrogen and oxygen atoms in total. The maximum Gasteiger partial charge on any atom is 0.343 e. The lowest BCUT2D eigenvalue weighted by atomic mass is 10.0. The first-order valence-electron chi connectivity index (χ1n) is 9.67. The van der Waals surface area contributed by atoms with Gasteiger partial charge in [0.15, 0.2) is 5.65 Å². The Labute approximate surface area is 172 Å². The second-order valence-electron chi connectivity index (χ2n) is 7.02. The monoisotopic (exact) mass is 412 g/mol. The molecule has 156 valence electrons. The maximum absolute atomic E-state index is 13.9. The van der Waals surface area contributed by atoms with Crippen LogP contribution >= 0.6 is 0 Å². The summed E-state index contributed by atoms with van der Waals surface area (Å²) in [5, 5.41) is 4.15. The Morgan fingerprint density at radius 3 is 2.87 bits per heavy atom. The van der Waals surface area contributed by atoms with Gasteiger partial charge in [0.2, 0.25) is 0 Å². The van der Waals surface area contributed by atoms with Crippen LogP contribution < -0.4 is 4.90 Å². The molecule has 30 heavy (non-hydrogen) atoms. The number of carbonyl (C=O) groups excluding carboxylic acids is 2. The molecule has 0 bridgehead atoms. The van der Waals surface area contributed by atoms with Crippen molar-refractivity contribution in [3.8, 4) is 0 Å². The zero-order valence-corrected chi connectivity index (χ0v) is 16.6. The van der Waals surface area contributed by atoms with E-state index in [2.05, 4.69) is 10.1 Å². The number of halogens is 1. The molecule has 1 fully saturated rings. The van der Waals surface area contributed by atoms with Crippen LogP contribution in [-0.2, 0) is 14.3 Å². The predicted octanol–water partition coefficient (Wildman–Crippen LogP) is 2.93. The molecule has 0 N–H and O–H groups in total. The van der Waals surface area contributed by atoms with Gasteiger partial charge in [-0.25, -0.2) is 18.7 Å². The zero-order valence-electron chi connectivity index (χ0n) is 16.6. The third-order valence-corrected chi connectivity index (χ3v) is 4.97. The predicted molar refractivity (Wildman–Crippen MR) is 106 cm³/mol. The molecule has 1 aliphatic heterocycles. The van der Waals surface area contributed by atoms with Gasteiger partial charge in [-0.2, -0.15) is 5.10 Å². The summed E-state index contributed by atoms with van der Waals surface area (Å²) in [7, 11) is 0. The molecule has 0 aliphatic carbocycles. The van der Waals surface area contributed by atoms with E-state index < -0.39 is 5.97 Å². The highest BCUT2D eigenvalue weighted by molar-refractivity contribution is 5.95. The molecule has 2 aromatic heterocycles. The lowest BCUT2D eigenvalue weighted by molar-refractivity contribution is -0.145. The van der Waals surface area contributed by atoms with Gasteiger partial charge in [-0.15, -0.1) is 0 Å². The van der Waals surface area contributed by atoms with E-state index >= 15 is 0 Å². The first kappa shape index (κ1) is 19.8. The number of ether oxygens (including phenoxy) is 2. The fourth-order valence-corrected chi connectivity index (χ4v) is 3.77. The van der Waals surface area contributed by atoms with Crippen LogP contribution in [-0.4, -0.2) is 45.8 Å². The molecule has 0 saturated carbocycles. The second kappa shape index (κ2) is 8.10. The molecule has 9 heteroatoms. The van der Waals surface area contributed by atoms with Gasteiger partial charge in [0, 0.05) is 19.5 Å². The van der Waals surface area contributed by atoms with E-state index in [0.717, 1.165) is 5.56 Å². The molecule has 0 amide bonds. The molecule has 1 saturated heterocycles. The summed E-state index contributed by atoms with van der Waals surface area (Å²) in [5.41, 5.74) is 1.38. The minimum atomic E-state index is -0.502. The number of rotatable bonds is 5. The number of aromatic nitrogens is 3. The van der Waals surface area contributed by atoms with E-state index in [1.807, 2.05) is 11.0 Å². The van der Waals surface area contributed by atoms with Crippen molar-refractivity contribution in [2.75, 3.05) is 18.1 Å². The summed E-state index contributed by atoms with van der Waals surface area (Å²) in [6.45, 7) is 3.73. The number of carbonyl (C=O) groups is 2. The quantitative estimate of drug-likeness (QED) is 0.596. The van der Waals surface area contributed by atoms with Crippen molar-refractivity contribution in [1.29, 1.82) is 0 Å². The fourth-order valence-electron chi connectivity index (χ4n) is 3.77. The minimum Gasteiger partial charge on any atom is -0.462 e. The number of benzene rings is 1. The van der Waals surface area contributed by atoms with Gasteiger partial charge in [0.1, 0.15) is 23.3 Å². The SMILES string of the molecule is CCOC(=O)c1cnn2ccc(N3C[C@@H](OC(C)=O)C[C@@H]3c3cccc(F)c3)nc12. The van der Waals surface area contributed by atoms with Crippen LogP contribution in [0.4, 0.5) is 10.2 Å². The van der Waals surface area contributed by atoms with E-state index in [9.17, 15) is 14.0 Å². The molecule has 0 spiro atoms. The van der Waals surface area contributed by atoms with Crippen LogP contribution in [0.15, 0.2) is 42.7 Å². The number of nitrogens with zero attached hydrogens (tertiary/aromatic N) is 4. The van der Waals surface area contributed by atoms with Crippen molar-refractivity contribution in [1.82, 2.24) is 14.6 Å². The number of anilines is 1. The molecule has 0 radical (unpaired) electrons. The van der Waals surface area contributed by atoms with E-state index in [1.165, 1.54) is 29.8 Å². The summed E-state index contributed by atoms with van der Waals surface area (Å²) in [6, 6.07) is 7.85. The van der Waals surface area contributed by atoms with Crippen LogP contribution in [0.1, 0.15) is 42.2 Å². The molecule has 3 heterocycles. The molecule has 0 unspecified atom stereocenters.